The number of methoxy groups -OCH3 is 1. The van der Waals surface area contributed by atoms with Gasteiger partial charge < -0.3 is 14.2 Å². The molecular weight excluding hydrogens is 232 g/mol. The molecule has 0 aliphatic carbocycles. The quantitative estimate of drug-likeness (QED) is 0.500. The van der Waals surface area contributed by atoms with E-state index in [1.165, 1.54) is 0 Å². The second kappa shape index (κ2) is 8.66. The molecular formula is C14H20O4. The van der Waals surface area contributed by atoms with Crippen molar-refractivity contribution in [3.05, 3.63) is 29.8 Å². The molecule has 0 amide bonds. The van der Waals surface area contributed by atoms with Gasteiger partial charge >= 0.3 is 0 Å². The van der Waals surface area contributed by atoms with Gasteiger partial charge in [0.05, 0.1) is 12.2 Å². The fourth-order valence-corrected chi connectivity index (χ4v) is 1.44. The number of rotatable bonds is 9. The summed E-state index contributed by atoms with van der Waals surface area (Å²) in [6, 6.07) is 7.19. The number of carbonyl (C=O) groups excluding carboxylic acids is 1. The number of ether oxygens (including phenoxy) is 3. The first-order chi connectivity index (χ1) is 8.79. The van der Waals surface area contributed by atoms with Crippen LogP contribution in [0, 0.1) is 0 Å². The smallest absolute Gasteiger partial charge is 0.192 e. The van der Waals surface area contributed by atoms with E-state index in [4.69, 9.17) is 14.2 Å². The molecule has 0 radical (unpaired) electrons. The molecule has 0 saturated heterocycles. The molecule has 4 heteroatoms. The van der Waals surface area contributed by atoms with Gasteiger partial charge in [-0.1, -0.05) is 19.1 Å². The van der Waals surface area contributed by atoms with Gasteiger partial charge in [0, 0.05) is 13.7 Å². The Morgan fingerprint density at radius 2 is 1.94 bits per heavy atom. The van der Waals surface area contributed by atoms with E-state index in [0.717, 1.165) is 6.42 Å². The van der Waals surface area contributed by atoms with Crippen LogP contribution in [-0.4, -0.2) is 39.3 Å². The Labute approximate surface area is 108 Å². The lowest BCUT2D eigenvalue weighted by Crippen LogP contribution is -2.13. The van der Waals surface area contributed by atoms with Gasteiger partial charge in [0.25, 0.3) is 0 Å². The molecule has 0 saturated carbocycles. The van der Waals surface area contributed by atoms with Gasteiger partial charge in [-0.2, -0.15) is 0 Å². The van der Waals surface area contributed by atoms with E-state index in [9.17, 15) is 4.79 Å². The molecule has 1 aromatic rings. The number of carbonyl (C=O) groups is 1. The molecule has 0 aliphatic rings. The number of benzene rings is 1. The highest BCUT2D eigenvalue weighted by Gasteiger charge is 2.11. The zero-order valence-corrected chi connectivity index (χ0v) is 11.0. The van der Waals surface area contributed by atoms with Gasteiger partial charge in [-0.15, -0.1) is 0 Å². The Morgan fingerprint density at radius 1 is 1.17 bits per heavy atom. The van der Waals surface area contributed by atoms with Crippen molar-refractivity contribution in [2.24, 2.45) is 0 Å². The van der Waals surface area contributed by atoms with Crippen LogP contribution in [0.3, 0.4) is 0 Å². The molecule has 100 valence electrons. The summed E-state index contributed by atoms with van der Waals surface area (Å²) in [5.41, 5.74) is 0.560. The molecule has 4 nitrogen and oxygen atoms in total. The maximum absolute atomic E-state index is 11.9. The average Bonchev–Trinajstić information content (AvgIpc) is 2.40. The van der Waals surface area contributed by atoms with Crippen LogP contribution in [0.5, 0.6) is 5.75 Å². The Hall–Kier alpha value is -1.39. The molecule has 18 heavy (non-hydrogen) atoms. The van der Waals surface area contributed by atoms with Crippen molar-refractivity contribution in [3.63, 3.8) is 0 Å². The van der Waals surface area contributed by atoms with Crippen LogP contribution < -0.4 is 4.74 Å². The topological polar surface area (TPSA) is 44.8 Å². The number of para-hydroxylation sites is 1. The average molecular weight is 252 g/mol. The molecule has 0 aromatic heterocycles. The summed E-state index contributed by atoms with van der Waals surface area (Å²) in [5, 5.41) is 0. The third kappa shape index (κ3) is 4.85. The standard InChI is InChI=1S/C14H20O4/c1-3-8-17-11-13(15)12-6-4-5-7-14(12)18-10-9-16-2/h4-7H,3,8-11H2,1-2H3. The lowest BCUT2D eigenvalue weighted by molar-refractivity contribution is 0.0755. The van der Waals surface area contributed by atoms with Gasteiger partial charge in [-0.05, 0) is 18.6 Å². The number of hydrogen-bond donors (Lipinski definition) is 0. The monoisotopic (exact) mass is 252 g/mol. The fourth-order valence-electron chi connectivity index (χ4n) is 1.44. The van der Waals surface area contributed by atoms with Gasteiger partial charge in [0.1, 0.15) is 19.0 Å². The molecule has 0 N–H and O–H groups in total. The van der Waals surface area contributed by atoms with Crippen LogP contribution in [0.15, 0.2) is 24.3 Å². The summed E-state index contributed by atoms with van der Waals surface area (Å²) in [5.74, 6) is 0.524. The van der Waals surface area contributed by atoms with Crippen molar-refractivity contribution in [2.45, 2.75) is 13.3 Å². The van der Waals surface area contributed by atoms with E-state index in [1.807, 2.05) is 19.1 Å². The molecule has 0 unspecified atom stereocenters. The second-order valence-corrected chi connectivity index (χ2v) is 3.81. The molecule has 0 atom stereocenters. The lowest BCUT2D eigenvalue weighted by Gasteiger charge is -2.10. The largest absolute Gasteiger partial charge is 0.490 e. The summed E-state index contributed by atoms with van der Waals surface area (Å²) in [7, 11) is 1.61. The minimum atomic E-state index is -0.0588. The lowest BCUT2D eigenvalue weighted by atomic mass is 10.1. The Kier molecular flexibility index (Phi) is 7.06. The highest BCUT2D eigenvalue weighted by molar-refractivity contribution is 5.99. The molecule has 0 bridgehead atoms. The van der Waals surface area contributed by atoms with Crippen LogP contribution in [0.1, 0.15) is 23.7 Å². The van der Waals surface area contributed by atoms with Crippen molar-refractivity contribution in [3.8, 4) is 5.75 Å². The molecule has 0 spiro atoms. The number of Topliss-reactive ketones (excluding diaryl/α,β-unsaturated/α-hetero) is 1. The van der Waals surface area contributed by atoms with E-state index >= 15 is 0 Å². The third-order valence-electron chi connectivity index (χ3n) is 2.31. The summed E-state index contributed by atoms with van der Waals surface area (Å²) in [6.07, 6.45) is 0.902. The molecule has 0 heterocycles. The van der Waals surface area contributed by atoms with Crippen molar-refractivity contribution >= 4 is 5.78 Å². The highest BCUT2D eigenvalue weighted by atomic mass is 16.5. The summed E-state index contributed by atoms with van der Waals surface area (Å²) in [6.45, 7) is 3.62. The zero-order valence-electron chi connectivity index (χ0n) is 11.0. The normalized spacial score (nSPS) is 10.3. The van der Waals surface area contributed by atoms with Crippen molar-refractivity contribution < 1.29 is 19.0 Å². The Morgan fingerprint density at radius 3 is 2.67 bits per heavy atom. The first kappa shape index (κ1) is 14.7. The van der Waals surface area contributed by atoms with E-state index in [2.05, 4.69) is 0 Å². The van der Waals surface area contributed by atoms with Gasteiger partial charge in [0.15, 0.2) is 5.78 Å². The summed E-state index contributed by atoms with van der Waals surface area (Å²) < 4.78 is 15.7. The number of ketones is 1. The molecule has 0 fully saturated rings. The fraction of sp³-hybridized carbons (Fsp3) is 0.500. The van der Waals surface area contributed by atoms with E-state index in [0.29, 0.717) is 31.1 Å². The van der Waals surface area contributed by atoms with Crippen LogP contribution in [0.2, 0.25) is 0 Å². The molecule has 0 aliphatic heterocycles. The minimum Gasteiger partial charge on any atom is -0.490 e. The maximum atomic E-state index is 11.9. The van der Waals surface area contributed by atoms with Crippen molar-refractivity contribution in [2.75, 3.05) is 33.5 Å². The van der Waals surface area contributed by atoms with Crippen LogP contribution in [0.4, 0.5) is 0 Å². The summed E-state index contributed by atoms with van der Waals surface area (Å²) >= 11 is 0. The van der Waals surface area contributed by atoms with Gasteiger partial charge in [0.2, 0.25) is 0 Å². The number of hydrogen-bond acceptors (Lipinski definition) is 4. The first-order valence-corrected chi connectivity index (χ1v) is 6.11. The van der Waals surface area contributed by atoms with Crippen LogP contribution >= 0.6 is 0 Å². The minimum absolute atomic E-state index is 0.0588. The SMILES string of the molecule is CCCOCC(=O)c1ccccc1OCCOC. The van der Waals surface area contributed by atoms with E-state index in [1.54, 1.807) is 19.2 Å². The van der Waals surface area contributed by atoms with E-state index < -0.39 is 0 Å². The van der Waals surface area contributed by atoms with Gasteiger partial charge in [-0.3, -0.25) is 4.79 Å². The van der Waals surface area contributed by atoms with Crippen molar-refractivity contribution in [1.29, 1.82) is 0 Å². The van der Waals surface area contributed by atoms with Gasteiger partial charge in [-0.25, -0.2) is 0 Å². The predicted molar refractivity (Wildman–Crippen MR) is 69.3 cm³/mol. The maximum Gasteiger partial charge on any atom is 0.192 e. The van der Waals surface area contributed by atoms with Crippen LogP contribution in [-0.2, 0) is 9.47 Å². The zero-order chi connectivity index (χ0) is 13.2. The molecule has 1 rings (SSSR count). The van der Waals surface area contributed by atoms with E-state index in [-0.39, 0.29) is 12.4 Å². The first-order valence-electron chi connectivity index (χ1n) is 6.11. The second-order valence-electron chi connectivity index (χ2n) is 3.81. The van der Waals surface area contributed by atoms with Crippen molar-refractivity contribution in [1.82, 2.24) is 0 Å². The third-order valence-corrected chi connectivity index (χ3v) is 2.31. The molecule has 1 aromatic carbocycles. The predicted octanol–water partition coefficient (Wildman–Crippen LogP) is 2.32. The van der Waals surface area contributed by atoms with Crippen LogP contribution in [0.25, 0.3) is 0 Å². The summed E-state index contributed by atoms with van der Waals surface area (Å²) in [4.78, 5) is 11.9. The Bertz CT molecular complexity index is 363. The Balaban J connectivity index is 2.59. The highest BCUT2D eigenvalue weighted by Crippen LogP contribution is 2.18.